The molecule has 6 N–H and O–H groups in total. The summed E-state index contributed by atoms with van der Waals surface area (Å²) in [7, 11) is 0. The molecule has 0 spiro atoms. The van der Waals surface area contributed by atoms with E-state index in [2.05, 4.69) is 32.3 Å². The standard InChI is InChI=1S/C28H28N6O8/c35-25(23-15-39-19-8-1-3-10-21(19)41-23)31-33-27(37)29-13-17-6-5-7-18(12-17)14-30-28(38)34-32-26(36)24-16-40-20-9-2-4-11-22(20)42-24/h1-12,23-24H,13-16H2,(H,31,35)(H,32,36)(H2,29,33,37)(H2,30,34,38)/t23-,24-/m1/s1. The molecular formula is C28H28N6O8. The average Bonchev–Trinajstić information content (AvgIpc) is 3.03. The van der Waals surface area contributed by atoms with Gasteiger partial charge in [0.2, 0.25) is 12.2 Å². The van der Waals surface area contributed by atoms with Crippen molar-refractivity contribution in [2.24, 2.45) is 0 Å². The monoisotopic (exact) mass is 576 g/mol. The molecule has 0 saturated heterocycles. The summed E-state index contributed by atoms with van der Waals surface area (Å²) in [5.41, 5.74) is 10.7. The molecule has 218 valence electrons. The van der Waals surface area contributed by atoms with Gasteiger partial charge in [-0.25, -0.2) is 20.4 Å². The van der Waals surface area contributed by atoms with Crippen molar-refractivity contribution in [2.75, 3.05) is 13.2 Å². The molecule has 0 unspecified atom stereocenters. The van der Waals surface area contributed by atoms with Crippen molar-refractivity contribution < 1.29 is 38.1 Å². The van der Waals surface area contributed by atoms with Crippen LogP contribution >= 0.6 is 0 Å². The van der Waals surface area contributed by atoms with Crippen LogP contribution in [0.25, 0.3) is 0 Å². The smallest absolute Gasteiger partial charge is 0.333 e. The summed E-state index contributed by atoms with van der Waals surface area (Å²) in [6.07, 6.45) is -1.83. The number of carbonyl (C=O) groups is 4. The van der Waals surface area contributed by atoms with Crippen LogP contribution in [-0.2, 0) is 22.7 Å². The fraction of sp³-hybridized carbons (Fsp3) is 0.214. The van der Waals surface area contributed by atoms with E-state index in [0.717, 1.165) is 11.1 Å². The average molecular weight is 577 g/mol. The number of para-hydroxylation sites is 4. The lowest BCUT2D eigenvalue weighted by Gasteiger charge is -2.25. The van der Waals surface area contributed by atoms with Crippen LogP contribution in [0.4, 0.5) is 9.59 Å². The summed E-state index contributed by atoms with van der Waals surface area (Å²) in [4.78, 5) is 49.0. The van der Waals surface area contributed by atoms with Crippen LogP contribution in [0.15, 0.2) is 72.8 Å². The van der Waals surface area contributed by atoms with Gasteiger partial charge in [-0.2, -0.15) is 0 Å². The lowest BCUT2D eigenvalue weighted by molar-refractivity contribution is -0.131. The van der Waals surface area contributed by atoms with Gasteiger partial charge in [-0.15, -0.1) is 0 Å². The third-order valence-corrected chi connectivity index (χ3v) is 6.10. The maximum Gasteiger partial charge on any atom is 0.333 e. The normalized spacial score (nSPS) is 16.3. The Morgan fingerprint density at radius 1 is 0.571 bits per heavy atom. The molecule has 0 aliphatic carbocycles. The minimum absolute atomic E-state index is 0.0102. The first-order chi connectivity index (χ1) is 20.4. The van der Waals surface area contributed by atoms with E-state index < -0.39 is 36.1 Å². The predicted octanol–water partition coefficient (Wildman–Crippen LogP) is 1.03. The molecule has 0 aromatic heterocycles. The second-order valence-corrected chi connectivity index (χ2v) is 9.14. The minimum atomic E-state index is -0.915. The number of rotatable bonds is 6. The zero-order chi connectivity index (χ0) is 29.3. The van der Waals surface area contributed by atoms with Gasteiger partial charge in [-0.1, -0.05) is 48.5 Å². The number of fused-ring (bicyclic) bond motifs is 2. The van der Waals surface area contributed by atoms with Crippen molar-refractivity contribution >= 4 is 23.9 Å². The minimum Gasteiger partial charge on any atom is -0.485 e. The van der Waals surface area contributed by atoms with Gasteiger partial charge in [0.25, 0.3) is 11.8 Å². The van der Waals surface area contributed by atoms with Gasteiger partial charge < -0.3 is 29.6 Å². The Kier molecular flexibility index (Phi) is 8.72. The van der Waals surface area contributed by atoms with Crippen LogP contribution in [-0.4, -0.2) is 49.3 Å². The Bertz CT molecular complexity index is 1360. The zero-order valence-electron chi connectivity index (χ0n) is 22.2. The van der Waals surface area contributed by atoms with Gasteiger partial charge in [-0.05, 0) is 35.4 Å². The van der Waals surface area contributed by atoms with E-state index in [4.69, 9.17) is 18.9 Å². The van der Waals surface area contributed by atoms with E-state index in [1.54, 1.807) is 72.8 Å². The molecule has 3 aromatic carbocycles. The Labute approximate surface area is 240 Å². The molecule has 42 heavy (non-hydrogen) atoms. The van der Waals surface area contributed by atoms with Crippen molar-refractivity contribution in [3.63, 3.8) is 0 Å². The van der Waals surface area contributed by atoms with Crippen molar-refractivity contribution in [3.8, 4) is 23.0 Å². The highest BCUT2D eigenvalue weighted by atomic mass is 16.6. The summed E-state index contributed by atoms with van der Waals surface area (Å²) in [5.74, 6) is 0.855. The quantitative estimate of drug-likeness (QED) is 0.236. The number of amides is 6. The van der Waals surface area contributed by atoms with E-state index in [9.17, 15) is 19.2 Å². The van der Waals surface area contributed by atoms with E-state index in [-0.39, 0.29) is 26.3 Å². The maximum atomic E-state index is 12.3. The Hall–Kier alpha value is -5.66. The van der Waals surface area contributed by atoms with Gasteiger partial charge in [0.05, 0.1) is 0 Å². The van der Waals surface area contributed by atoms with Crippen molar-refractivity contribution in [2.45, 2.75) is 25.3 Å². The second kappa shape index (κ2) is 13.1. The third kappa shape index (κ3) is 7.29. The molecule has 0 fully saturated rings. The Morgan fingerprint density at radius 3 is 1.45 bits per heavy atom. The molecule has 5 rings (SSSR count). The number of benzene rings is 3. The lowest BCUT2D eigenvalue weighted by atomic mass is 10.1. The fourth-order valence-corrected chi connectivity index (χ4v) is 4.00. The predicted molar refractivity (Wildman–Crippen MR) is 146 cm³/mol. The molecule has 14 nitrogen and oxygen atoms in total. The molecule has 2 heterocycles. The molecule has 0 saturated carbocycles. The molecular weight excluding hydrogens is 548 g/mol. The molecule has 0 radical (unpaired) electrons. The maximum absolute atomic E-state index is 12.3. The summed E-state index contributed by atoms with van der Waals surface area (Å²) in [6.45, 7) is 0.328. The van der Waals surface area contributed by atoms with Crippen molar-refractivity contribution in [1.29, 1.82) is 0 Å². The highest BCUT2D eigenvalue weighted by Gasteiger charge is 2.28. The molecule has 6 amide bonds. The van der Waals surface area contributed by atoms with Gasteiger partial charge in [-0.3, -0.25) is 20.4 Å². The van der Waals surface area contributed by atoms with Gasteiger partial charge in [0.1, 0.15) is 13.2 Å². The number of hydrogen-bond donors (Lipinski definition) is 6. The van der Waals surface area contributed by atoms with Crippen LogP contribution < -0.4 is 51.3 Å². The summed E-state index contributed by atoms with van der Waals surface area (Å²) in [6, 6.07) is 19.8. The lowest BCUT2D eigenvalue weighted by Crippen LogP contribution is -2.53. The number of carbonyl (C=O) groups excluding carboxylic acids is 4. The topological polar surface area (TPSA) is 177 Å². The molecule has 2 aliphatic heterocycles. The van der Waals surface area contributed by atoms with Crippen molar-refractivity contribution in [3.05, 3.63) is 83.9 Å². The summed E-state index contributed by atoms with van der Waals surface area (Å²) >= 11 is 0. The molecule has 2 atom stereocenters. The van der Waals surface area contributed by atoms with Crippen LogP contribution in [0, 0.1) is 0 Å². The third-order valence-electron chi connectivity index (χ3n) is 6.10. The SMILES string of the molecule is O=C(NCc1cccc(CNC(=O)NNC(=O)[C@H]2COc3ccccc3O2)c1)NNC(=O)[C@H]1COc2ccccc2O1. The first kappa shape index (κ1) is 27.9. The molecule has 14 heteroatoms. The van der Waals surface area contributed by atoms with Crippen LogP contribution in [0.2, 0.25) is 0 Å². The first-order valence-corrected chi connectivity index (χ1v) is 13.0. The summed E-state index contributed by atoms with van der Waals surface area (Å²) < 4.78 is 22.2. The zero-order valence-corrected chi connectivity index (χ0v) is 22.2. The molecule has 2 aliphatic rings. The number of hydrogen-bond acceptors (Lipinski definition) is 8. The number of hydrazine groups is 2. The Balaban J connectivity index is 0.988. The van der Waals surface area contributed by atoms with Crippen LogP contribution in [0.1, 0.15) is 11.1 Å². The van der Waals surface area contributed by atoms with Gasteiger partial charge in [0.15, 0.2) is 23.0 Å². The summed E-state index contributed by atoms with van der Waals surface area (Å²) in [5, 5.41) is 5.26. The largest absolute Gasteiger partial charge is 0.485 e. The van der Waals surface area contributed by atoms with E-state index in [0.29, 0.717) is 23.0 Å². The van der Waals surface area contributed by atoms with E-state index in [1.807, 2.05) is 0 Å². The van der Waals surface area contributed by atoms with Gasteiger partial charge in [0, 0.05) is 13.1 Å². The second-order valence-electron chi connectivity index (χ2n) is 9.14. The van der Waals surface area contributed by atoms with E-state index in [1.165, 1.54) is 0 Å². The highest BCUT2D eigenvalue weighted by Crippen LogP contribution is 2.31. The van der Waals surface area contributed by atoms with Crippen LogP contribution in [0.3, 0.4) is 0 Å². The fourth-order valence-electron chi connectivity index (χ4n) is 4.00. The van der Waals surface area contributed by atoms with E-state index >= 15 is 0 Å². The highest BCUT2D eigenvalue weighted by molar-refractivity contribution is 5.85. The van der Waals surface area contributed by atoms with Crippen molar-refractivity contribution in [1.82, 2.24) is 32.3 Å². The molecule has 3 aromatic rings. The number of ether oxygens (including phenoxy) is 4. The number of nitrogens with one attached hydrogen (secondary N) is 6. The molecule has 0 bridgehead atoms. The first-order valence-electron chi connectivity index (χ1n) is 13.0. The van der Waals surface area contributed by atoms with Gasteiger partial charge >= 0.3 is 12.1 Å². The Morgan fingerprint density at radius 2 is 1.00 bits per heavy atom. The number of urea groups is 2. The van der Waals surface area contributed by atoms with Crippen LogP contribution in [0.5, 0.6) is 23.0 Å².